The van der Waals surface area contributed by atoms with Gasteiger partial charge in [-0.15, -0.1) is 0 Å². The van der Waals surface area contributed by atoms with Crippen molar-refractivity contribution in [3.05, 3.63) is 36.0 Å². The van der Waals surface area contributed by atoms with E-state index in [1.807, 2.05) is 0 Å². The molecule has 1 saturated carbocycles. The highest BCUT2D eigenvalue weighted by molar-refractivity contribution is 5.84. The molecule has 1 aliphatic rings. The van der Waals surface area contributed by atoms with E-state index in [1.54, 1.807) is 0 Å². The van der Waals surface area contributed by atoms with Crippen LogP contribution in [-0.4, -0.2) is 4.57 Å². The zero-order chi connectivity index (χ0) is 9.54. The van der Waals surface area contributed by atoms with E-state index in [1.165, 1.54) is 29.3 Å². The molecule has 1 heteroatoms. The van der Waals surface area contributed by atoms with Gasteiger partial charge in [-0.2, -0.15) is 0 Å². The first-order chi connectivity index (χ1) is 6.90. The maximum atomic E-state index is 2.47. The zero-order valence-corrected chi connectivity index (χ0v) is 8.53. The minimum atomic E-state index is 0.792. The zero-order valence-electron chi connectivity index (χ0n) is 8.53. The van der Waals surface area contributed by atoms with Gasteiger partial charge in [-0.25, -0.2) is 0 Å². The van der Waals surface area contributed by atoms with Gasteiger partial charge in [0.05, 0.1) is 0 Å². The van der Waals surface area contributed by atoms with Crippen LogP contribution < -0.4 is 0 Å². The summed E-state index contributed by atoms with van der Waals surface area (Å²) in [6.45, 7) is 2.24. The number of hydrogen-bond donors (Lipinski definition) is 0. The van der Waals surface area contributed by atoms with E-state index >= 15 is 0 Å². The van der Waals surface area contributed by atoms with Crippen molar-refractivity contribution in [3.8, 4) is 0 Å². The second kappa shape index (κ2) is 2.88. The lowest BCUT2D eigenvalue weighted by Gasteiger charge is -2.00. The predicted octanol–water partition coefficient (Wildman–Crippen LogP) is 3.54. The molecular weight excluding hydrogens is 170 g/mol. The number of benzene rings is 1. The minimum absolute atomic E-state index is 0.792. The molecule has 14 heavy (non-hydrogen) atoms. The van der Waals surface area contributed by atoms with Crippen molar-refractivity contribution in [1.82, 2.24) is 4.57 Å². The number of hydrogen-bond acceptors (Lipinski definition) is 0. The fourth-order valence-corrected chi connectivity index (χ4v) is 2.21. The van der Waals surface area contributed by atoms with E-state index < -0.39 is 0 Å². The molecule has 3 rings (SSSR count). The van der Waals surface area contributed by atoms with Crippen LogP contribution in [0.5, 0.6) is 0 Å². The fraction of sp³-hybridized carbons (Fsp3) is 0.385. The third-order valence-electron chi connectivity index (χ3n) is 3.14. The van der Waals surface area contributed by atoms with E-state index in [0.29, 0.717) is 0 Å². The van der Waals surface area contributed by atoms with Crippen molar-refractivity contribution in [2.75, 3.05) is 0 Å². The second-order valence-corrected chi connectivity index (χ2v) is 4.16. The lowest BCUT2D eigenvalue weighted by Crippen LogP contribution is -1.89. The van der Waals surface area contributed by atoms with Crippen LogP contribution in [0.15, 0.2) is 30.5 Å². The van der Waals surface area contributed by atoms with Crippen molar-refractivity contribution < 1.29 is 0 Å². The fourth-order valence-electron chi connectivity index (χ4n) is 2.21. The van der Waals surface area contributed by atoms with E-state index in [9.17, 15) is 0 Å². The summed E-state index contributed by atoms with van der Waals surface area (Å²) in [7, 11) is 0. The van der Waals surface area contributed by atoms with Crippen LogP contribution in [0.2, 0.25) is 0 Å². The molecule has 2 aromatic rings. The summed E-state index contributed by atoms with van der Waals surface area (Å²) in [4.78, 5) is 0. The number of aryl methyl sites for hydroxylation is 1. The van der Waals surface area contributed by atoms with E-state index in [2.05, 4.69) is 42.0 Å². The first-order valence-electron chi connectivity index (χ1n) is 5.48. The van der Waals surface area contributed by atoms with Crippen LogP contribution in [0.1, 0.15) is 31.4 Å². The van der Waals surface area contributed by atoms with Gasteiger partial charge in [0, 0.05) is 23.1 Å². The number of fused-ring (bicyclic) bond motifs is 1. The van der Waals surface area contributed by atoms with Crippen molar-refractivity contribution >= 4 is 10.9 Å². The molecule has 0 radical (unpaired) electrons. The summed E-state index contributed by atoms with van der Waals surface area (Å²) in [6.07, 6.45) is 6.21. The largest absolute Gasteiger partial charge is 0.344 e. The summed E-state index contributed by atoms with van der Waals surface area (Å²) in [5, 5.41) is 1.45. The highest BCUT2D eigenvalue weighted by Crippen LogP contribution is 2.38. The molecular formula is C13H15N. The Labute approximate surface area is 84.4 Å². The van der Waals surface area contributed by atoms with Crippen molar-refractivity contribution in [2.45, 2.75) is 32.2 Å². The Morgan fingerprint density at radius 2 is 2.07 bits per heavy atom. The Bertz CT molecular complexity index is 463. The lowest BCUT2D eigenvalue weighted by molar-refractivity contribution is 0.771. The summed E-state index contributed by atoms with van der Waals surface area (Å²) < 4.78 is 2.47. The van der Waals surface area contributed by atoms with E-state index in [4.69, 9.17) is 0 Å². The van der Waals surface area contributed by atoms with Gasteiger partial charge in [-0.05, 0) is 30.9 Å². The van der Waals surface area contributed by atoms with Crippen molar-refractivity contribution in [2.24, 2.45) is 0 Å². The van der Waals surface area contributed by atoms with Gasteiger partial charge < -0.3 is 4.57 Å². The molecule has 0 aliphatic heterocycles. The average molecular weight is 185 g/mol. The van der Waals surface area contributed by atoms with E-state index in [-0.39, 0.29) is 0 Å². The Kier molecular flexibility index (Phi) is 1.66. The van der Waals surface area contributed by atoms with Crippen LogP contribution in [0.25, 0.3) is 10.9 Å². The molecule has 0 amide bonds. The number of para-hydroxylation sites is 1. The van der Waals surface area contributed by atoms with Crippen LogP contribution >= 0.6 is 0 Å². The molecule has 1 aromatic carbocycles. The smallest absolute Gasteiger partial charge is 0.0485 e. The van der Waals surface area contributed by atoms with Crippen LogP contribution in [0, 0.1) is 0 Å². The van der Waals surface area contributed by atoms with Gasteiger partial charge in [0.2, 0.25) is 0 Å². The topological polar surface area (TPSA) is 4.93 Å². The first-order valence-corrected chi connectivity index (χ1v) is 5.48. The summed E-state index contributed by atoms with van der Waals surface area (Å²) >= 11 is 0. The van der Waals surface area contributed by atoms with Gasteiger partial charge in [0.1, 0.15) is 0 Å². The monoisotopic (exact) mass is 185 g/mol. The highest BCUT2D eigenvalue weighted by atomic mass is 15.0. The maximum absolute atomic E-state index is 2.47. The number of rotatable bonds is 2. The SMILES string of the molecule is CCc1cn(C2CC2)c2ccccc12. The molecule has 0 N–H and O–H groups in total. The lowest BCUT2D eigenvalue weighted by atomic mass is 10.1. The van der Waals surface area contributed by atoms with Crippen LogP contribution in [-0.2, 0) is 6.42 Å². The standard InChI is InChI=1S/C13H15N/c1-2-10-9-14(11-7-8-11)13-6-4-3-5-12(10)13/h3-6,9,11H,2,7-8H2,1H3. The second-order valence-electron chi connectivity index (χ2n) is 4.16. The number of nitrogens with zero attached hydrogens (tertiary/aromatic N) is 1. The Balaban J connectivity index is 2.28. The van der Waals surface area contributed by atoms with Gasteiger partial charge in [-0.3, -0.25) is 0 Å². The molecule has 0 saturated heterocycles. The normalized spacial score (nSPS) is 16.4. The molecule has 72 valence electrons. The van der Waals surface area contributed by atoms with Gasteiger partial charge in [0.25, 0.3) is 0 Å². The molecule has 0 atom stereocenters. The van der Waals surface area contributed by atoms with Gasteiger partial charge in [0.15, 0.2) is 0 Å². The van der Waals surface area contributed by atoms with Gasteiger partial charge in [-0.1, -0.05) is 25.1 Å². The Hall–Kier alpha value is -1.24. The first kappa shape index (κ1) is 8.10. The van der Waals surface area contributed by atoms with Crippen molar-refractivity contribution in [1.29, 1.82) is 0 Å². The number of aromatic nitrogens is 1. The molecule has 0 bridgehead atoms. The molecule has 1 fully saturated rings. The average Bonchev–Trinajstić information content (AvgIpc) is 3.00. The van der Waals surface area contributed by atoms with Gasteiger partial charge >= 0.3 is 0 Å². The summed E-state index contributed by atoms with van der Waals surface area (Å²) in [5.74, 6) is 0. The molecule has 1 aliphatic carbocycles. The van der Waals surface area contributed by atoms with Crippen LogP contribution in [0.4, 0.5) is 0 Å². The third kappa shape index (κ3) is 1.08. The molecule has 0 spiro atoms. The quantitative estimate of drug-likeness (QED) is 0.674. The molecule has 0 unspecified atom stereocenters. The third-order valence-corrected chi connectivity index (χ3v) is 3.14. The summed E-state index contributed by atoms with van der Waals surface area (Å²) in [5.41, 5.74) is 2.92. The Morgan fingerprint density at radius 3 is 2.79 bits per heavy atom. The van der Waals surface area contributed by atoms with Crippen LogP contribution in [0.3, 0.4) is 0 Å². The minimum Gasteiger partial charge on any atom is -0.344 e. The Morgan fingerprint density at radius 1 is 1.29 bits per heavy atom. The molecule has 1 nitrogen and oxygen atoms in total. The highest BCUT2D eigenvalue weighted by Gasteiger charge is 2.25. The molecule has 1 aromatic heterocycles. The van der Waals surface area contributed by atoms with E-state index in [0.717, 1.165) is 12.5 Å². The summed E-state index contributed by atoms with van der Waals surface area (Å²) in [6, 6.07) is 9.55. The molecule has 1 heterocycles. The van der Waals surface area contributed by atoms with Crippen molar-refractivity contribution in [3.63, 3.8) is 0 Å². The predicted molar refractivity (Wildman–Crippen MR) is 59.6 cm³/mol. The maximum Gasteiger partial charge on any atom is 0.0485 e.